The highest BCUT2D eigenvalue weighted by atomic mass is 19.1. The molecule has 0 amide bonds. The van der Waals surface area contributed by atoms with E-state index in [4.69, 9.17) is 10.3 Å². The monoisotopic (exact) mass is 221 g/mol. The molecular formula is C11H12FN3O. The number of nitrogens with zero attached hydrogens (tertiary/aromatic N) is 3. The van der Waals surface area contributed by atoms with E-state index in [0.717, 1.165) is 0 Å². The second kappa shape index (κ2) is 4.96. The topological polar surface area (TPSA) is 58.0 Å². The molecule has 5 heteroatoms. The smallest absolute Gasteiger partial charge is 0.126 e. The van der Waals surface area contributed by atoms with E-state index >= 15 is 0 Å². The summed E-state index contributed by atoms with van der Waals surface area (Å²) in [5.41, 5.74) is 8.88. The first kappa shape index (κ1) is 10.9. The zero-order valence-corrected chi connectivity index (χ0v) is 8.71. The second-order valence-corrected chi connectivity index (χ2v) is 3.82. The van der Waals surface area contributed by atoms with E-state index in [9.17, 15) is 4.39 Å². The lowest BCUT2D eigenvalue weighted by atomic mass is 9.96. The standard InChI is InChI=1S/C11H12FN3O/c12-11-4-2-1-3-10(11)8-5-9(16-7-8)6-14-15-13/h1-4,8-9H,5-7H2/t8-,9+/m0/s1. The van der Waals surface area contributed by atoms with Crippen LogP contribution in [0.3, 0.4) is 0 Å². The predicted octanol–water partition coefficient (Wildman–Crippen LogP) is 3.01. The Bertz CT molecular complexity index is 417. The number of benzene rings is 1. The minimum atomic E-state index is -0.194. The van der Waals surface area contributed by atoms with Crippen LogP contribution in [0.1, 0.15) is 17.9 Å². The van der Waals surface area contributed by atoms with Crippen molar-refractivity contribution in [1.29, 1.82) is 0 Å². The Morgan fingerprint density at radius 2 is 2.31 bits per heavy atom. The Kier molecular flexibility index (Phi) is 3.39. The average Bonchev–Trinajstić information content (AvgIpc) is 2.75. The van der Waals surface area contributed by atoms with Crippen molar-refractivity contribution in [3.8, 4) is 0 Å². The van der Waals surface area contributed by atoms with E-state index in [1.807, 2.05) is 6.07 Å². The molecule has 4 nitrogen and oxygen atoms in total. The minimum absolute atomic E-state index is 0.0695. The van der Waals surface area contributed by atoms with Crippen LogP contribution in [0.15, 0.2) is 29.4 Å². The van der Waals surface area contributed by atoms with Gasteiger partial charge in [0.25, 0.3) is 0 Å². The number of hydrogen-bond acceptors (Lipinski definition) is 2. The number of hydrogen-bond donors (Lipinski definition) is 0. The van der Waals surface area contributed by atoms with E-state index in [2.05, 4.69) is 10.0 Å². The van der Waals surface area contributed by atoms with Crippen molar-refractivity contribution in [1.82, 2.24) is 0 Å². The molecule has 1 aromatic rings. The van der Waals surface area contributed by atoms with Crippen LogP contribution in [0.5, 0.6) is 0 Å². The summed E-state index contributed by atoms with van der Waals surface area (Å²) in [5.74, 6) is -0.124. The summed E-state index contributed by atoms with van der Waals surface area (Å²) in [6, 6.07) is 6.72. The molecule has 0 radical (unpaired) electrons. The summed E-state index contributed by atoms with van der Waals surface area (Å²) in [5, 5.41) is 3.47. The van der Waals surface area contributed by atoms with Gasteiger partial charge in [0.05, 0.1) is 19.3 Å². The fourth-order valence-corrected chi connectivity index (χ4v) is 1.98. The first-order valence-electron chi connectivity index (χ1n) is 5.18. The maximum absolute atomic E-state index is 13.5. The van der Waals surface area contributed by atoms with E-state index in [-0.39, 0.29) is 17.8 Å². The van der Waals surface area contributed by atoms with Crippen LogP contribution >= 0.6 is 0 Å². The first-order chi connectivity index (χ1) is 7.81. The molecule has 1 aliphatic heterocycles. The normalized spacial score (nSPS) is 24.1. The quantitative estimate of drug-likeness (QED) is 0.439. The van der Waals surface area contributed by atoms with Gasteiger partial charge in [-0.25, -0.2) is 4.39 Å². The van der Waals surface area contributed by atoms with E-state index in [1.54, 1.807) is 12.1 Å². The zero-order chi connectivity index (χ0) is 11.4. The van der Waals surface area contributed by atoms with E-state index in [1.165, 1.54) is 6.07 Å². The van der Waals surface area contributed by atoms with Crippen molar-refractivity contribution in [3.63, 3.8) is 0 Å². The van der Waals surface area contributed by atoms with Crippen LogP contribution in [0.2, 0.25) is 0 Å². The fourth-order valence-electron chi connectivity index (χ4n) is 1.98. The van der Waals surface area contributed by atoms with Crippen LogP contribution in [0.25, 0.3) is 10.4 Å². The predicted molar refractivity (Wildman–Crippen MR) is 57.5 cm³/mol. The summed E-state index contributed by atoms with van der Waals surface area (Å²) in [6.07, 6.45) is 0.625. The molecular weight excluding hydrogens is 209 g/mol. The van der Waals surface area contributed by atoms with Gasteiger partial charge in [0, 0.05) is 10.8 Å². The van der Waals surface area contributed by atoms with Gasteiger partial charge in [0.2, 0.25) is 0 Å². The SMILES string of the molecule is [N-]=[N+]=NC[C@H]1C[C@H](c2ccccc2F)CO1. The van der Waals surface area contributed by atoms with Crippen molar-refractivity contribution in [3.05, 3.63) is 46.1 Å². The van der Waals surface area contributed by atoms with Crippen LogP contribution in [-0.2, 0) is 4.74 Å². The Balaban J connectivity index is 2.03. The van der Waals surface area contributed by atoms with Gasteiger partial charge in [-0.05, 0) is 23.6 Å². The minimum Gasteiger partial charge on any atom is -0.377 e. The molecule has 1 saturated heterocycles. The van der Waals surface area contributed by atoms with Gasteiger partial charge in [-0.2, -0.15) is 0 Å². The largest absolute Gasteiger partial charge is 0.377 e. The summed E-state index contributed by atoms with van der Waals surface area (Å²) in [4.78, 5) is 2.69. The second-order valence-electron chi connectivity index (χ2n) is 3.82. The maximum atomic E-state index is 13.5. The summed E-state index contributed by atoms with van der Waals surface area (Å²) in [6.45, 7) is 0.813. The van der Waals surface area contributed by atoms with Crippen molar-refractivity contribution in [2.24, 2.45) is 5.11 Å². The lowest BCUT2D eigenvalue weighted by molar-refractivity contribution is 0.115. The molecule has 0 spiro atoms. The van der Waals surface area contributed by atoms with Crippen LogP contribution in [0.4, 0.5) is 4.39 Å². The molecule has 16 heavy (non-hydrogen) atoms. The number of rotatable bonds is 3. The maximum Gasteiger partial charge on any atom is 0.126 e. The molecule has 0 N–H and O–H groups in total. The number of ether oxygens (including phenoxy) is 1. The molecule has 0 saturated carbocycles. The van der Waals surface area contributed by atoms with Crippen LogP contribution < -0.4 is 0 Å². The Morgan fingerprint density at radius 3 is 3.06 bits per heavy atom. The summed E-state index contributed by atoms with van der Waals surface area (Å²) < 4.78 is 18.9. The van der Waals surface area contributed by atoms with Crippen molar-refractivity contribution < 1.29 is 9.13 Å². The van der Waals surface area contributed by atoms with Crippen LogP contribution in [-0.4, -0.2) is 19.3 Å². The fraction of sp³-hybridized carbons (Fsp3) is 0.455. The van der Waals surface area contributed by atoms with Gasteiger partial charge >= 0.3 is 0 Å². The Hall–Kier alpha value is -1.58. The lowest BCUT2D eigenvalue weighted by Crippen LogP contribution is -2.08. The molecule has 1 fully saturated rings. The molecule has 1 aliphatic rings. The summed E-state index contributed by atoms with van der Waals surface area (Å²) in [7, 11) is 0. The average molecular weight is 221 g/mol. The van der Waals surface area contributed by atoms with E-state index < -0.39 is 0 Å². The Labute approximate surface area is 92.7 Å². The van der Waals surface area contributed by atoms with Gasteiger partial charge in [-0.1, -0.05) is 23.3 Å². The van der Waals surface area contributed by atoms with Gasteiger partial charge in [-0.3, -0.25) is 0 Å². The van der Waals surface area contributed by atoms with E-state index in [0.29, 0.717) is 25.1 Å². The van der Waals surface area contributed by atoms with Crippen molar-refractivity contribution in [2.45, 2.75) is 18.4 Å². The van der Waals surface area contributed by atoms with Gasteiger partial charge < -0.3 is 4.74 Å². The number of halogens is 1. The number of azide groups is 1. The molecule has 2 rings (SSSR count). The third-order valence-corrected chi connectivity index (χ3v) is 2.77. The zero-order valence-electron chi connectivity index (χ0n) is 8.71. The van der Waals surface area contributed by atoms with Crippen molar-refractivity contribution >= 4 is 0 Å². The Morgan fingerprint density at radius 1 is 1.50 bits per heavy atom. The molecule has 84 valence electrons. The summed E-state index contributed by atoms with van der Waals surface area (Å²) >= 11 is 0. The molecule has 1 heterocycles. The lowest BCUT2D eigenvalue weighted by Gasteiger charge is -2.08. The highest BCUT2D eigenvalue weighted by molar-refractivity contribution is 5.22. The highest BCUT2D eigenvalue weighted by Gasteiger charge is 2.27. The van der Waals surface area contributed by atoms with Gasteiger partial charge in [0.1, 0.15) is 5.82 Å². The molecule has 0 aliphatic carbocycles. The van der Waals surface area contributed by atoms with Crippen LogP contribution in [0, 0.1) is 5.82 Å². The molecule has 2 atom stereocenters. The first-order valence-corrected chi connectivity index (χ1v) is 5.18. The molecule has 0 bridgehead atoms. The molecule has 0 aromatic heterocycles. The molecule has 0 unspecified atom stereocenters. The van der Waals surface area contributed by atoms with Gasteiger partial charge in [0.15, 0.2) is 0 Å². The van der Waals surface area contributed by atoms with Crippen molar-refractivity contribution in [2.75, 3.05) is 13.2 Å². The molecule has 1 aromatic carbocycles. The van der Waals surface area contributed by atoms with Gasteiger partial charge in [-0.15, -0.1) is 0 Å². The third-order valence-electron chi connectivity index (χ3n) is 2.77. The highest BCUT2D eigenvalue weighted by Crippen LogP contribution is 2.30. The third kappa shape index (κ3) is 2.32.